The summed E-state index contributed by atoms with van der Waals surface area (Å²) >= 11 is 1.60. The molecule has 1 aliphatic rings. The van der Waals surface area contributed by atoms with Gasteiger partial charge in [-0.3, -0.25) is 0 Å². The molecule has 0 saturated carbocycles. The van der Waals surface area contributed by atoms with E-state index in [-0.39, 0.29) is 5.97 Å². The van der Waals surface area contributed by atoms with Crippen molar-refractivity contribution in [1.82, 2.24) is 0 Å². The fraction of sp³-hybridized carbons (Fsp3) is 0.133. The molecule has 2 nitrogen and oxygen atoms in total. The molecule has 90 valence electrons. The average Bonchev–Trinajstić information content (AvgIpc) is 3.01. The van der Waals surface area contributed by atoms with Crippen molar-refractivity contribution in [3.8, 4) is 0 Å². The van der Waals surface area contributed by atoms with E-state index in [0.29, 0.717) is 12.0 Å². The van der Waals surface area contributed by atoms with Crippen LogP contribution in [0.25, 0.3) is 0 Å². The van der Waals surface area contributed by atoms with Gasteiger partial charge in [0.1, 0.15) is 0 Å². The van der Waals surface area contributed by atoms with E-state index in [2.05, 4.69) is 6.58 Å². The molecule has 3 rings (SSSR count). The van der Waals surface area contributed by atoms with Crippen LogP contribution in [0.4, 0.5) is 0 Å². The van der Waals surface area contributed by atoms with Gasteiger partial charge < -0.3 is 4.74 Å². The molecule has 0 N–H and O–H groups in total. The molecule has 1 aliphatic heterocycles. The van der Waals surface area contributed by atoms with Gasteiger partial charge in [-0.05, 0) is 11.4 Å². The maximum absolute atomic E-state index is 11.7. The highest BCUT2D eigenvalue weighted by molar-refractivity contribution is 7.10. The Kier molecular flexibility index (Phi) is 2.56. The minimum absolute atomic E-state index is 0.299. The van der Waals surface area contributed by atoms with E-state index in [0.717, 1.165) is 10.4 Å². The van der Waals surface area contributed by atoms with Gasteiger partial charge in [0.2, 0.25) is 0 Å². The lowest BCUT2D eigenvalue weighted by molar-refractivity contribution is -0.143. The average molecular weight is 256 g/mol. The predicted octanol–water partition coefficient (Wildman–Crippen LogP) is 3.49. The minimum Gasteiger partial charge on any atom is -0.445 e. The maximum atomic E-state index is 11.7. The number of esters is 1. The number of ether oxygens (including phenoxy) is 1. The zero-order valence-corrected chi connectivity index (χ0v) is 10.6. The van der Waals surface area contributed by atoms with E-state index in [4.69, 9.17) is 4.74 Å². The summed E-state index contributed by atoms with van der Waals surface area (Å²) < 4.78 is 5.66. The summed E-state index contributed by atoms with van der Waals surface area (Å²) in [4.78, 5) is 12.8. The van der Waals surface area contributed by atoms with Crippen LogP contribution in [0.2, 0.25) is 0 Å². The van der Waals surface area contributed by atoms with Gasteiger partial charge in [0.05, 0.1) is 4.88 Å². The van der Waals surface area contributed by atoms with Crippen molar-refractivity contribution < 1.29 is 9.53 Å². The van der Waals surface area contributed by atoms with Crippen LogP contribution in [0.15, 0.2) is 60.0 Å². The van der Waals surface area contributed by atoms with Crippen molar-refractivity contribution in [1.29, 1.82) is 0 Å². The van der Waals surface area contributed by atoms with Crippen molar-refractivity contribution in [2.45, 2.75) is 12.0 Å². The number of rotatable bonds is 2. The summed E-state index contributed by atoms with van der Waals surface area (Å²) in [5.41, 5.74) is 0.857. The van der Waals surface area contributed by atoms with E-state index >= 15 is 0 Å². The molecule has 2 heterocycles. The molecule has 18 heavy (non-hydrogen) atoms. The van der Waals surface area contributed by atoms with E-state index in [9.17, 15) is 4.79 Å². The van der Waals surface area contributed by atoms with Crippen LogP contribution in [0, 0.1) is 0 Å². The van der Waals surface area contributed by atoms with Crippen LogP contribution in [0.1, 0.15) is 16.9 Å². The first-order chi connectivity index (χ1) is 8.72. The van der Waals surface area contributed by atoms with Gasteiger partial charge in [-0.15, -0.1) is 11.3 Å². The van der Waals surface area contributed by atoms with Crippen molar-refractivity contribution in [2.75, 3.05) is 0 Å². The molecule has 2 aromatic rings. The normalized spacial score (nSPS) is 23.1. The quantitative estimate of drug-likeness (QED) is 0.607. The molecule has 0 radical (unpaired) electrons. The molecule has 1 unspecified atom stereocenters. The molecule has 1 atom stereocenters. The highest BCUT2D eigenvalue weighted by atomic mass is 32.1. The maximum Gasteiger partial charge on any atom is 0.334 e. The fourth-order valence-electron chi connectivity index (χ4n) is 2.30. The Morgan fingerprint density at radius 2 is 1.94 bits per heavy atom. The number of benzene rings is 1. The summed E-state index contributed by atoms with van der Waals surface area (Å²) in [6, 6.07) is 13.8. The van der Waals surface area contributed by atoms with Crippen LogP contribution >= 0.6 is 11.3 Å². The van der Waals surface area contributed by atoms with Gasteiger partial charge in [0, 0.05) is 17.6 Å². The van der Waals surface area contributed by atoms with E-state index in [1.165, 1.54) is 0 Å². The molecule has 0 bridgehead atoms. The van der Waals surface area contributed by atoms with Gasteiger partial charge in [-0.1, -0.05) is 43.0 Å². The lowest BCUT2D eigenvalue weighted by atomic mass is 9.88. The zero-order valence-electron chi connectivity index (χ0n) is 9.76. The monoisotopic (exact) mass is 256 g/mol. The Morgan fingerprint density at radius 1 is 1.17 bits per heavy atom. The Morgan fingerprint density at radius 3 is 2.50 bits per heavy atom. The topological polar surface area (TPSA) is 26.3 Å². The first-order valence-corrected chi connectivity index (χ1v) is 6.61. The number of carbonyl (C=O) groups is 1. The molecule has 0 amide bonds. The number of carbonyl (C=O) groups excluding carboxylic acids is 1. The molecule has 1 fully saturated rings. The molecule has 0 spiro atoms. The van der Waals surface area contributed by atoms with Crippen LogP contribution in [0.5, 0.6) is 0 Å². The predicted molar refractivity (Wildman–Crippen MR) is 71.4 cm³/mol. The highest BCUT2D eigenvalue weighted by Crippen LogP contribution is 2.45. The highest BCUT2D eigenvalue weighted by Gasteiger charge is 2.46. The summed E-state index contributed by atoms with van der Waals surface area (Å²) in [7, 11) is 0. The Balaban J connectivity index is 2.17. The largest absolute Gasteiger partial charge is 0.445 e. The Hall–Kier alpha value is -1.87. The number of cyclic esters (lactones) is 1. The summed E-state index contributed by atoms with van der Waals surface area (Å²) in [6.07, 6.45) is 0.524. The fourth-order valence-corrected chi connectivity index (χ4v) is 3.18. The zero-order chi connectivity index (χ0) is 12.6. The number of hydrogen-bond donors (Lipinski definition) is 0. The number of hydrogen-bond acceptors (Lipinski definition) is 3. The third kappa shape index (κ3) is 1.59. The first kappa shape index (κ1) is 11.2. The molecular weight excluding hydrogens is 244 g/mol. The van der Waals surface area contributed by atoms with Gasteiger partial charge >= 0.3 is 5.97 Å². The molecule has 1 aromatic heterocycles. The lowest BCUT2D eigenvalue weighted by Gasteiger charge is -2.26. The molecule has 1 saturated heterocycles. The summed E-state index contributed by atoms with van der Waals surface area (Å²) in [5, 5.41) is 1.99. The van der Waals surface area contributed by atoms with Crippen molar-refractivity contribution in [2.24, 2.45) is 0 Å². The molecule has 1 aromatic carbocycles. The smallest absolute Gasteiger partial charge is 0.334 e. The van der Waals surface area contributed by atoms with Gasteiger partial charge in [0.15, 0.2) is 5.60 Å². The molecule has 3 heteroatoms. The van der Waals surface area contributed by atoms with Gasteiger partial charge in [0.25, 0.3) is 0 Å². The Labute approximate surface area is 110 Å². The van der Waals surface area contributed by atoms with Crippen LogP contribution < -0.4 is 0 Å². The summed E-state index contributed by atoms with van der Waals surface area (Å²) in [5.74, 6) is -0.299. The second-order valence-corrected chi connectivity index (χ2v) is 5.29. The van der Waals surface area contributed by atoms with Crippen molar-refractivity contribution in [3.05, 3.63) is 70.4 Å². The van der Waals surface area contributed by atoms with E-state index in [1.807, 2.05) is 47.8 Å². The standard InChI is InChI=1S/C15H12O2S/c1-11-10-15(17-14(11)16,13-8-5-9-18-13)12-6-3-2-4-7-12/h2-9H,1,10H2. The number of thiophene rings is 1. The third-order valence-electron chi connectivity index (χ3n) is 3.18. The van der Waals surface area contributed by atoms with Gasteiger partial charge in [-0.2, -0.15) is 0 Å². The van der Waals surface area contributed by atoms with Crippen molar-refractivity contribution >= 4 is 17.3 Å². The van der Waals surface area contributed by atoms with Crippen LogP contribution in [-0.4, -0.2) is 5.97 Å². The lowest BCUT2D eigenvalue weighted by Crippen LogP contribution is -2.25. The SMILES string of the molecule is C=C1CC(c2ccccc2)(c2cccs2)OC1=O. The van der Waals surface area contributed by atoms with Gasteiger partial charge in [-0.25, -0.2) is 4.79 Å². The molecular formula is C15H12O2S. The molecule has 0 aliphatic carbocycles. The second-order valence-electron chi connectivity index (χ2n) is 4.34. The minimum atomic E-state index is -0.677. The van der Waals surface area contributed by atoms with E-state index < -0.39 is 5.60 Å². The first-order valence-electron chi connectivity index (χ1n) is 5.73. The van der Waals surface area contributed by atoms with Crippen LogP contribution in [-0.2, 0) is 15.1 Å². The third-order valence-corrected chi connectivity index (χ3v) is 4.19. The second kappa shape index (κ2) is 4.10. The Bertz CT molecular complexity index is 568. The van der Waals surface area contributed by atoms with Crippen LogP contribution in [0.3, 0.4) is 0 Å². The van der Waals surface area contributed by atoms with Crippen molar-refractivity contribution in [3.63, 3.8) is 0 Å². The summed E-state index contributed by atoms with van der Waals surface area (Å²) in [6.45, 7) is 3.80. The van der Waals surface area contributed by atoms with E-state index in [1.54, 1.807) is 11.3 Å².